The van der Waals surface area contributed by atoms with Gasteiger partial charge in [0, 0.05) is 38.6 Å². The van der Waals surface area contributed by atoms with E-state index in [9.17, 15) is 4.79 Å². The molecule has 0 N–H and O–H groups in total. The van der Waals surface area contributed by atoms with Gasteiger partial charge in [-0.25, -0.2) is 0 Å². The third-order valence-electron chi connectivity index (χ3n) is 6.74. The van der Waals surface area contributed by atoms with Gasteiger partial charge in [-0.05, 0) is 25.2 Å². The van der Waals surface area contributed by atoms with Crippen LogP contribution < -0.4 is 0 Å². The Labute approximate surface area is 149 Å². The van der Waals surface area contributed by atoms with Crippen LogP contribution in [-0.2, 0) is 4.79 Å². The third kappa shape index (κ3) is 5.47. The first kappa shape index (κ1) is 18.2. The van der Waals surface area contributed by atoms with Gasteiger partial charge in [0.15, 0.2) is 0 Å². The lowest BCUT2D eigenvalue weighted by molar-refractivity contribution is -0.133. The predicted molar refractivity (Wildman–Crippen MR) is 100 cm³/mol. The van der Waals surface area contributed by atoms with E-state index in [1.54, 1.807) is 0 Å². The van der Waals surface area contributed by atoms with Gasteiger partial charge in [-0.3, -0.25) is 9.69 Å². The van der Waals surface area contributed by atoms with Crippen LogP contribution in [0.3, 0.4) is 0 Å². The first-order chi connectivity index (χ1) is 11.8. The molecular weight excluding hydrogens is 296 g/mol. The fourth-order valence-electron chi connectivity index (χ4n) is 5.13. The van der Waals surface area contributed by atoms with E-state index in [0.717, 1.165) is 51.0 Å². The van der Waals surface area contributed by atoms with E-state index in [4.69, 9.17) is 0 Å². The molecule has 0 unspecified atom stereocenters. The lowest BCUT2D eigenvalue weighted by atomic mass is 9.85. The highest BCUT2D eigenvalue weighted by Gasteiger charge is 2.26. The first-order valence-electron chi connectivity index (χ1n) is 10.8. The number of carbonyl (C=O) groups is 1. The van der Waals surface area contributed by atoms with E-state index in [0.29, 0.717) is 5.91 Å². The quantitative estimate of drug-likeness (QED) is 0.663. The normalized spacial score (nSPS) is 25.1. The number of hydrogen-bond donors (Lipinski definition) is 0. The van der Waals surface area contributed by atoms with Crippen LogP contribution in [0.25, 0.3) is 0 Å². The molecule has 24 heavy (non-hydrogen) atoms. The highest BCUT2D eigenvalue weighted by molar-refractivity contribution is 5.76. The maximum atomic E-state index is 12.4. The summed E-state index contributed by atoms with van der Waals surface area (Å²) in [6, 6.07) is 0.812. The van der Waals surface area contributed by atoms with E-state index >= 15 is 0 Å². The molecule has 3 nitrogen and oxygen atoms in total. The van der Waals surface area contributed by atoms with Gasteiger partial charge in [0.25, 0.3) is 0 Å². The molecule has 0 aromatic rings. The monoisotopic (exact) mass is 334 g/mol. The van der Waals surface area contributed by atoms with Crippen LogP contribution in [0.4, 0.5) is 0 Å². The predicted octanol–water partition coefficient (Wildman–Crippen LogP) is 4.60. The molecule has 2 saturated carbocycles. The summed E-state index contributed by atoms with van der Waals surface area (Å²) in [6.45, 7) is 4.16. The maximum Gasteiger partial charge on any atom is 0.222 e. The zero-order chi connectivity index (χ0) is 16.6. The van der Waals surface area contributed by atoms with Crippen molar-refractivity contribution in [1.29, 1.82) is 0 Å². The van der Waals surface area contributed by atoms with Crippen LogP contribution in [0.5, 0.6) is 0 Å². The molecular formula is C21H38N2O. The van der Waals surface area contributed by atoms with Gasteiger partial charge in [-0.2, -0.15) is 0 Å². The molecule has 1 amide bonds. The number of unbranched alkanes of at least 4 members (excludes halogenated alkanes) is 1. The summed E-state index contributed by atoms with van der Waals surface area (Å²) in [4.78, 5) is 17.2. The summed E-state index contributed by atoms with van der Waals surface area (Å²) in [7, 11) is 0. The molecule has 1 saturated heterocycles. The van der Waals surface area contributed by atoms with Crippen LogP contribution in [0.1, 0.15) is 89.9 Å². The Hall–Kier alpha value is -0.570. The fourth-order valence-corrected chi connectivity index (χ4v) is 5.13. The van der Waals surface area contributed by atoms with E-state index in [1.807, 2.05) is 0 Å². The molecule has 0 aromatic carbocycles. The standard InChI is InChI=1S/C21H38N2O/c24-21(14-8-7-11-19-9-3-1-4-10-19)23-17-15-22(16-18-23)20-12-5-2-6-13-20/h19-20H,1-18H2. The van der Waals surface area contributed by atoms with Crippen molar-refractivity contribution in [1.82, 2.24) is 9.80 Å². The lowest BCUT2D eigenvalue weighted by Gasteiger charge is -2.40. The SMILES string of the molecule is O=C(CCCCC1CCCCC1)N1CCN(C2CCCCC2)CC1. The van der Waals surface area contributed by atoms with Crippen molar-refractivity contribution in [2.45, 2.75) is 95.9 Å². The van der Waals surface area contributed by atoms with Gasteiger partial charge in [-0.15, -0.1) is 0 Å². The van der Waals surface area contributed by atoms with Gasteiger partial charge in [0.1, 0.15) is 0 Å². The van der Waals surface area contributed by atoms with Crippen LogP contribution in [0.2, 0.25) is 0 Å². The van der Waals surface area contributed by atoms with Crippen LogP contribution >= 0.6 is 0 Å². The molecule has 138 valence electrons. The molecule has 3 fully saturated rings. The number of carbonyl (C=O) groups excluding carboxylic acids is 1. The average Bonchev–Trinajstić information content (AvgIpc) is 2.67. The van der Waals surface area contributed by atoms with Crippen LogP contribution in [0.15, 0.2) is 0 Å². The highest BCUT2D eigenvalue weighted by atomic mass is 16.2. The lowest BCUT2D eigenvalue weighted by Crippen LogP contribution is -2.52. The van der Waals surface area contributed by atoms with E-state index < -0.39 is 0 Å². The second-order valence-electron chi connectivity index (χ2n) is 8.46. The van der Waals surface area contributed by atoms with Crippen molar-refractivity contribution >= 4 is 5.91 Å². The van der Waals surface area contributed by atoms with Crippen molar-refractivity contribution in [3.63, 3.8) is 0 Å². The van der Waals surface area contributed by atoms with E-state index in [1.165, 1.54) is 77.0 Å². The first-order valence-corrected chi connectivity index (χ1v) is 10.8. The summed E-state index contributed by atoms with van der Waals surface area (Å²) < 4.78 is 0. The van der Waals surface area contributed by atoms with Gasteiger partial charge in [0.05, 0.1) is 0 Å². The molecule has 0 bridgehead atoms. The zero-order valence-electron chi connectivity index (χ0n) is 15.7. The zero-order valence-corrected chi connectivity index (χ0v) is 15.7. The minimum absolute atomic E-state index is 0.418. The summed E-state index contributed by atoms with van der Waals surface area (Å²) in [5, 5.41) is 0. The number of piperazine rings is 1. The van der Waals surface area contributed by atoms with Gasteiger partial charge >= 0.3 is 0 Å². The maximum absolute atomic E-state index is 12.4. The van der Waals surface area contributed by atoms with Crippen molar-refractivity contribution in [3.05, 3.63) is 0 Å². The Morgan fingerprint density at radius 3 is 2.04 bits per heavy atom. The molecule has 3 rings (SSSR count). The highest BCUT2D eigenvalue weighted by Crippen LogP contribution is 2.28. The average molecular weight is 335 g/mol. The number of hydrogen-bond acceptors (Lipinski definition) is 2. The number of rotatable bonds is 6. The van der Waals surface area contributed by atoms with Gasteiger partial charge in [0.2, 0.25) is 5.91 Å². The smallest absolute Gasteiger partial charge is 0.222 e. The van der Waals surface area contributed by atoms with Crippen molar-refractivity contribution in [3.8, 4) is 0 Å². The minimum Gasteiger partial charge on any atom is -0.340 e. The number of amides is 1. The minimum atomic E-state index is 0.418. The fraction of sp³-hybridized carbons (Fsp3) is 0.952. The van der Waals surface area contributed by atoms with Crippen molar-refractivity contribution < 1.29 is 4.79 Å². The second kappa shape index (κ2) is 9.79. The Balaban J connectivity index is 1.27. The Kier molecular flexibility index (Phi) is 7.44. The van der Waals surface area contributed by atoms with Crippen LogP contribution in [0, 0.1) is 5.92 Å². The summed E-state index contributed by atoms with van der Waals surface area (Å²) >= 11 is 0. The summed E-state index contributed by atoms with van der Waals surface area (Å²) in [6.07, 6.45) is 18.7. The second-order valence-corrected chi connectivity index (χ2v) is 8.46. The molecule has 3 heteroatoms. The van der Waals surface area contributed by atoms with Crippen LogP contribution in [-0.4, -0.2) is 47.9 Å². The van der Waals surface area contributed by atoms with Gasteiger partial charge < -0.3 is 4.90 Å². The molecule has 0 spiro atoms. The molecule has 1 heterocycles. The topological polar surface area (TPSA) is 23.6 Å². The summed E-state index contributed by atoms with van der Waals surface area (Å²) in [5.41, 5.74) is 0. The molecule has 2 aliphatic carbocycles. The largest absolute Gasteiger partial charge is 0.340 e. The third-order valence-corrected chi connectivity index (χ3v) is 6.74. The molecule has 0 atom stereocenters. The molecule has 1 aliphatic heterocycles. The Morgan fingerprint density at radius 2 is 1.38 bits per heavy atom. The van der Waals surface area contributed by atoms with Crippen molar-refractivity contribution in [2.75, 3.05) is 26.2 Å². The van der Waals surface area contributed by atoms with Gasteiger partial charge in [-0.1, -0.05) is 64.2 Å². The number of nitrogens with zero attached hydrogens (tertiary/aromatic N) is 2. The summed E-state index contributed by atoms with van der Waals surface area (Å²) in [5.74, 6) is 1.38. The molecule has 0 radical (unpaired) electrons. The van der Waals surface area contributed by atoms with E-state index in [2.05, 4.69) is 9.80 Å². The molecule has 0 aromatic heterocycles. The van der Waals surface area contributed by atoms with E-state index in [-0.39, 0.29) is 0 Å². The van der Waals surface area contributed by atoms with Crippen molar-refractivity contribution in [2.24, 2.45) is 5.92 Å². The Morgan fingerprint density at radius 1 is 0.750 bits per heavy atom. The Bertz CT molecular complexity index is 364. The molecule has 3 aliphatic rings.